The van der Waals surface area contributed by atoms with E-state index in [1.54, 1.807) is 11.6 Å². The van der Waals surface area contributed by atoms with Crippen LogP contribution in [0.5, 0.6) is 0 Å². The average molecular weight is 396 g/mol. The fourth-order valence-corrected chi connectivity index (χ4v) is 3.83. The van der Waals surface area contributed by atoms with Crippen molar-refractivity contribution in [2.45, 2.75) is 26.2 Å². The zero-order valence-electron chi connectivity index (χ0n) is 15.7. The lowest BCUT2D eigenvalue weighted by molar-refractivity contribution is 0.102. The number of carbonyl (C=O) groups excluding carboxylic acids is 1. The second kappa shape index (κ2) is 8.02. The topological polar surface area (TPSA) is 63.1 Å². The van der Waals surface area contributed by atoms with Crippen molar-refractivity contribution in [3.63, 3.8) is 0 Å². The summed E-state index contributed by atoms with van der Waals surface area (Å²) in [7, 11) is 0. The second-order valence-electron chi connectivity index (χ2n) is 6.90. The minimum absolute atomic E-state index is 0.283. The number of nitrogens with one attached hydrogen (secondary N) is 1. The lowest BCUT2D eigenvalue weighted by Crippen LogP contribution is -2.29. The van der Waals surface area contributed by atoms with Gasteiger partial charge in [0.1, 0.15) is 16.5 Å². The van der Waals surface area contributed by atoms with Gasteiger partial charge in [-0.25, -0.2) is 9.67 Å². The van der Waals surface area contributed by atoms with Crippen LogP contribution in [0.3, 0.4) is 0 Å². The summed E-state index contributed by atoms with van der Waals surface area (Å²) in [6.45, 7) is 3.88. The molecule has 3 heterocycles. The molecule has 28 heavy (non-hydrogen) atoms. The van der Waals surface area contributed by atoms with Gasteiger partial charge in [0.05, 0.1) is 23.3 Å². The van der Waals surface area contributed by atoms with Gasteiger partial charge in [-0.3, -0.25) is 4.79 Å². The summed E-state index contributed by atoms with van der Waals surface area (Å²) in [6.07, 6.45) is 5.51. The van der Waals surface area contributed by atoms with Crippen LogP contribution in [-0.2, 0) is 0 Å². The van der Waals surface area contributed by atoms with Crippen molar-refractivity contribution in [2.75, 3.05) is 23.3 Å². The van der Waals surface area contributed by atoms with E-state index in [4.69, 9.17) is 11.6 Å². The van der Waals surface area contributed by atoms with Crippen LogP contribution in [0.1, 0.15) is 35.3 Å². The van der Waals surface area contributed by atoms with E-state index in [1.165, 1.54) is 19.3 Å². The van der Waals surface area contributed by atoms with Crippen molar-refractivity contribution in [3.8, 4) is 5.69 Å². The van der Waals surface area contributed by atoms with Crippen LogP contribution in [0.4, 0.5) is 11.5 Å². The predicted octanol–water partition coefficient (Wildman–Crippen LogP) is 4.47. The van der Waals surface area contributed by atoms with Crippen LogP contribution in [0.25, 0.3) is 5.69 Å². The number of anilines is 2. The number of benzene rings is 1. The first kappa shape index (κ1) is 18.5. The standard InChI is InChI=1S/C21H22ClN5O/c1-15-19(20(22)27(25-15)16-8-4-2-5-9-16)21(28)24-18-11-10-17(14-23-18)26-12-6-3-7-13-26/h2,4-5,8-11,14H,3,6-7,12-13H2,1H3,(H,23,24,28). The third kappa shape index (κ3) is 3.73. The molecule has 1 amide bonds. The number of piperidine rings is 1. The fraction of sp³-hybridized carbons (Fsp3) is 0.286. The molecule has 1 fully saturated rings. The molecule has 1 aliphatic rings. The maximum Gasteiger partial charge on any atom is 0.261 e. The van der Waals surface area contributed by atoms with E-state index in [2.05, 4.69) is 20.3 Å². The number of pyridine rings is 1. The first-order chi connectivity index (χ1) is 13.6. The number of nitrogens with zero attached hydrogens (tertiary/aromatic N) is 4. The normalized spacial score (nSPS) is 14.1. The maximum atomic E-state index is 12.8. The van der Waals surface area contributed by atoms with E-state index in [0.29, 0.717) is 17.1 Å². The molecule has 0 spiro atoms. The highest BCUT2D eigenvalue weighted by atomic mass is 35.5. The number of aromatic nitrogens is 3. The summed E-state index contributed by atoms with van der Waals surface area (Å²) in [5.74, 6) is 0.177. The molecule has 1 N–H and O–H groups in total. The lowest BCUT2D eigenvalue weighted by Gasteiger charge is -2.28. The largest absolute Gasteiger partial charge is 0.370 e. The first-order valence-electron chi connectivity index (χ1n) is 9.46. The Morgan fingerprint density at radius 3 is 2.46 bits per heavy atom. The second-order valence-corrected chi connectivity index (χ2v) is 7.26. The van der Waals surface area contributed by atoms with Gasteiger partial charge in [-0.2, -0.15) is 5.10 Å². The van der Waals surface area contributed by atoms with Crippen LogP contribution < -0.4 is 10.2 Å². The van der Waals surface area contributed by atoms with Gasteiger partial charge in [0.15, 0.2) is 0 Å². The van der Waals surface area contributed by atoms with Crippen molar-refractivity contribution >= 4 is 29.0 Å². The van der Waals surface area contributed by atoms with E-state index in [9.17, 15) is 4.79 Å². The van der Waals surface area contributed by atoms with Gasteiger partial charge >= 0.3 is 0 Å². The van der Waals surface area contributed by atoms with Gasteiger partial charge < -0.3 is 10.2 Å². The zero-order chi connectivity index (χ0) is 19.5. The van der Waals surface area contributed by atoms with Crippen LogP contribution in [-0.4, -0.2) is 33.8 Å². The molecule has 1 aliphatic heterocycles. The summed E-state index contributed by atoms with van der Waals surface area (Å²) in [5, 5.41) is 7.53. The molecule has 0 unspecified atom stereocenters. The maximum absolute atomic E-state index is 12.8. The number of hydrogen-bond donors (Lipinski definition) is 1. The molecule has 0 aliphatic carbocycles. The number of amides is 1. The number of aryl methyl sites for hydroxylation is 1. The molecular formula is C21H22ClN5O. The summed E-state index contributed by atoms with van der Waals surface area (Å²) >= 11 is 6.46. The van der Waals surface area contributed by atoms with Crippen LogP contribution in [0, 0.1) is 6.92 Å². The minimum atomic E-state index is -0.317. The molecule has 144 valence electrons. The number of halogens is 1. The molecule has 0 atom stereocenters. The molecule has 2 aromatic heterocycles. The molecular weight excluding hydrogens is 374 g/mol. The summed E-state index contributed by atoms with van der Waals surface area (Å²) < 4.78 is 1.57. The quantitative estimate of drug-likeness (QED) is 0.707. The van der Waals surface area contributed by atoms with Gasteiger partial charge in [-0.05, 0) is 50.5 Å². The molecule has 1 aromatic carbocycles. The Morgan fingerprint density at radius 2 is 1.79 bits per heavy atom. The van der Waals surface area contributed by atoms with E-state index in [-0.39, 0.29) is 11.1 Å². The molecule has 1 saturated heterocycles. The SMILES string of the molecule is Cc1nn(-c2ccccc2)c(Cl)c1C(=O)Nc1ccc(N2CCCCC2)cn1. The molecule has 4 rings (SSSR count). The van der Waals surface area contributed by atoms with Crippen molar-refractivity contribution in [1.29, 1.82) is 0 Å². The molecule has 0 saturated carbocycles. The van der Waals surface area contributed by atoms with E-state index >= 15 is 0 Å². The number of rotatable bonds is 4. The monoisotopic (exact) mass is 395 g/mol. The molecule has 0 bridgehead atoms. The van der Waals surface area contributed by atoms with Gasteiger partial charge in [0.2, 0.25) is 0 Å². The first-order valence-corrected chi connectivity index (χ1v) is 9.84. The highest BCUT2D eigenvalue weighted by Gasteiger charge is 2.21. The van der Waals surface area contributed by atoms with E-state index in [1.807, 2.05) is 48.7 Å². The number of para-hydroxylation sites is 1. The highest BCUT2D eigenvalue weighted by molar-refractivity contribution is 6.34. The predicted molar refractivity (Wildman–Crippen MR) is 112 cm³/mol. The third-order valence-corrected chi connectivity index (χ3v) is 5.29. The van der Waals surface area contributed by atoms with E-state index in [0.717, 1.165) is 24.5 Å². The molecule has 3 aromatic rings. The van der Waals surface area contributed by atoms with Crippen LogP contribution >= 0.6 is 11.6 Å². The summed E-state index contributed by atoms with van der Waals surface area (Å²) in [6, 6.07) is 13.3. The van der Waals surface area contributed by atoms with Crippen molar-refractivity contribution < 1.29 is 4.79 Å². The van der Waals surface area contributed by atoms with Crippen LogP contribution in [0.2, 0.25) is 5.15 Å². The van der Waals surface area contributed by atoms with Crippen molar-refractivity contribution in [2.24, 2.45) is 0 Å². The Balaban J connectivity index is 1.52. The Bertz CT molecular complexity index is 962. The van der Waals surface area contributed by atoms with Gasteiger partial charge in [-0.15, -0.1) is 0 Å². The number of carbonyl (C=O) groups is 1. The Labute approximate surface area is 169 Å². The Hall–Kier alpha value is -2.86. The third-order valence-electron chi connectivity index (χ3n) is 4.94. The molecule has 0 radical (unpaired) electrons. The van der Waals surface area contributed by atoms with Gasteiger partial charge in [0.25, 0.3) is 5.91 Å². The highest BCUT2D eigenvalue weighted by Crippen LogP contribution is 2.25. The number of hydrogen-bond acceptors (Lipinski definition) is 4. The summed E-state index contributed by atoms with van der Waals surface area (Å²) in [5.41, 5.74) is 2.81. The fourth-order valence-electron chi connectivity index (χ4n) is 3.48. The van der Waals surface area contributed by atoms with Gasteiger partial charge in [-0.1, -0.05) is 29.8 Å². The van der Waals surface area contributed by atoms with Crippen molar-refractivity contribution in [3.05, 3.63) is 65.1 Å². The van der Waals surface area contributed by atoms with E-state index < -0.39 is 0 Å². The molecule has 6 nitrogen and oxygen atoms in total. The smallest absolute Gasteiger partial charge is 0.261 e. The zero-order valence-corrected chi connectivity index (χ0v) is 16.5. The average Bonchev–Trinajstić information content (AvgIpc) is 3.04. The Kier molecular flexibility index (Phi) is 5.30. The Morgan fingerprint density at radius 1 is 1.04 bits per heavy atom. The lowest BCUT2D eigenvalue weighted by atomic mass is 10.1. The summed E-state index contributed by atoms with van der Waals surface area (Å²) in [4.78, 5) is 19.5. The van der Waals surface area contributed by atoms with Gasteiger partial charge in [0, 0.05) is 13.1 Å². The van der Waals surface area contributed by atoms with Crippen LogP contribution in [0.15, 0.2) is 48.7 Å². The molecule has 7 heteroatoms. The van der Waals surface area contributed by atoms with Crippen molar-refractivity contribution in [1.82, 2.24) is 14.8 Å². The minimum Gasteiger partial charge on any atom is -0.370 e.